The van der Waals surface area contributed by atoms with Crippen LogP contribution >= 0.6 is 22.9 Å². The van der Waals surface area contributed by atoms with E-state index in [2.05, 4.69) is 5.32 Å². The Morgan fingerprint density at radius 1 is 0.939 bits per heavy atom. The molecule has 1 aromatic heterocycles. The molecule has 0 aliphatic carbocycles. The number of thiophene rings is 1. The van der Waals surface area contributed by atoms with Crippen LogP contribution in [0.4, 0.5) is 5.69 Å². The van der Waals surface area contributed by atoms with Crippen molar-refractivity contribution in [2.75, 3.05) is 11.4 Å². The zero-order valence-electron chi connectivity index (χ0n) is 17.7. The van der Waals surface area contributed by atoms with Crippen LogP contribution in [0.5, 0.6) is 0 Å². The fourth-order valence-electron chi connectivity index (χ4n) is 3.39. The molecule has 1 N–H and O–H groups in total. The van der Waals surface area contributed by atoms with E-state index in [1.807, 2.05) is 54.6 Å². The molecule has 3 aromatic carbocycles. The molecular formula is C25H21ClN2O3S2. The Balaban J connectivity index is 1.76. The first kappa shape index (κ1) is 23.0. The SMILES string of the molecule is CN(c1ccccc1)S(=O)(=O)c1c(-c2ccccc2)csc1C(=O)NCc1ccccc1Cl. The Labute approximate surface area is 202 Å². The summed E-state index contributed by atoms with van der Waals surface area (Å²) < 4.78 is 28.7. The topological polar surface area (TPSA) is 66.5 Å². The van der Waals surface area contributed by atoms with Gasteiger partial charge in [0.05, 0.1) is 5.69 Å². The van der Waals surface area contributed by atoms with Crippen LogP contribution in [-0.4, -0.2) is 21.4 Å². The van der Waals surface area contributed by atoms with E-state index in [0.29, 0.717) is 16.3 Å². The van der Waals surface area contributed by atoms with Gasteiger partial charge in [0.15, 0.2) is 0 Å². The van der Waals surface area contributed by atoms with E-state index < -0.39 is 15.9 Å². The Bertz CT molecular complexity index is 1370. The first-order chi connectivity index (χ1) is 15.9. The molecule has 4 aromatic rings. The van der Waals surface area contributed by atoms with Crippen LogP contribution in [0.25, 0.3) is 11.1 Å². The molecule has 33 heavy (non-hydrogen) atoms. The number of halogens is 1. The summed E-state index contributed by atoms with van der Waals surface area (Å²) in [6.07, 6.45) is 0. The highest BCUT2D eigenvalue weighted by molar-refractivity contribution is 7.93. The van der Waals surface area contributed by atoms with E-state index in [9.17, 15) is 13.2 Å². The lowest BCUT2D eigenvalue weighted by atomic mass is 10.1. The van der Waals surface area contributed by atoms with Crippen LogP contribution in [0.3, 0.4) is 0 Å². The number of hydrogen-bond acceptors (Lipinski definition) is 4. The number of rotatable bonds is 7. The minimum Gasteiger partial charge on any atom is -0.347 e. The van der Waals surface area contributed by atoms with E-state index >= 15 is 0 Å². The fourth-order valence-corrected chi connectivity index (χ4v) is 6.47. The fraction of sp³-hybridized carbons (Fsp3) is 0.0800. The third kappa shape index (κ3) is 4.80. The molecule has 0 atom stereocenters. The van der Waals surface area contributed by atoms with Gasteiger partial charge in [-0.3, -0.25) is 9.10 Å². The molecule has 4 rings (SSSR count). The van der Waals surface area contributed by atoms with Crippen molar-refractivity contribution in [2.45, 2.75) is 11.4 Å². The Morgan fingerprint density at radius 3 is 2.21 bits per heavy atom. The van der Waals surface area contributed by atoms with Gasteiger partial charge in [-0.1, -0.05) is 78.3 Å². The maximum atomic E-state index is 13.8. The molecule has 1 heterocycles. The molecular weight excluding hydrogens is 476 g/mol. The van der Waals surface area contributed by atoms with Gasteiger partial charge in [-0.2, -0.15) is 0 Å². The van der Waals surface area contributed by atoms with Crippen molar-refractivity contribution in [3.8, 4) is 11.1 Å². The summed E-state index contributed by atoms with van der Waals surface area (Å²) >= 11 is 7.31. The standard InChI is InChI=1S/C25H21ClN2O3S2/c1-28(20-13-6-3-7-14-20)33(30,31)24-21(18-10-4-2-5-11-18)17-32-23(24)25(29)27-16-19-12-8-9-15-22(19)26/h2-15,17H,16H2,1H3,(H,27,29). The van der Waals surface area contributed by atoms with Crippen LogP contribution in [0.1, 0.15) is 15.2 Å². The van der Waals surface area contributed by atoms with E-state index in [0.717, 1.165) is 22.5 Å². The van der Waals surface area contributed by atoms with Gasteiger partial charge in [0.25, 0.3) is 15.9 Å². The van der Waals surface area contributed by atoms with Crippen molar-refractivity contribution in [1.82, 2.24) is 5.32 Å². The summed E-state index contributed by atoms with van der Waals surface area (Å²) in [4.78, 5) is 13.3. The van der Waals surface area contributed by atoms with Gasteiger partial charge in [0.2, 0.25) is 0 Å². The molecule has 0 spiro atoms. The first-order valence-electron chi connectivity index (χ1n) is 10.1. The molecule has 8 heteroatoms. The number of hydrogen-bond donors (Lipinski definition) is 1. The van der Waals surface area contributed by atoms with Crippen molar-refractivity contribution in [2.24, 2.45) is 0 Å². The molecule has 5 nitrogen and oxygen atoms in total. The molecule has 0 saturated carbocycles. The van der Waals surface area contributed by atoms with E-state index in [4.69, 9.17) is 11.6 Å². The third-order valence-corrected chi connectivity index (χ3v) is 8.52. The van der Waals surface area contributed by atoms with Crippen molar-refractivity contribution in [3.05, 3.63) is 106 Å². The van der Waals surface area contributed by atoms with E-state index in [1.54, 1.807) is 35.7 Å². The van der Waals surface area contributed by atoms with Gasteiger partial charge in [0, 0.05) is 29.6 Å². The number of anilines is 1. The number of amides is 1. The first-order valence-corrected chi connectivity index (χ1v) is 12.8. The van der Waals surface area contributed by atoms with Crippen LogP contribution < -0.4 is 9.62 Å². The maximum absolute atomic E-state index is 13.8. The molecule has 0 aliphatic rings. The highest BCUT2D eigenvalue weighted by Crippen LogP contribution is 2.38. The average Bonchev–Trinajstić information content (AvgIpc) is 3.30. The zero-order chi connectivity index (χ0) is 23.4. The van der Waals surface area contributed by atoms with Gasteiger partial charge in [-0.15, -0.1) is 11.3 Å². The minimum atomic E-state index is -4.04. The second kappa shape index (κ2) is 9.79. The lowest BCUT2D eigenvalue weighted by molar-refractivity contribution is 0.0952. The molecule has 168 valence electrons. The summed E-state index contributed by atoms with van der Waals surface area (Å²) in [6.45, 7) is 0.186. The quantitative estimate of drug-likeness (QED) is 0.350. The van der Waals surface area contributed by atoms with Crippen molar-refractivity contribution in [1.29, 1.82) is 0 Å². The molecule has 0 bridgehead atoms. The summed E-state index contributed by atoms with van der Waals surface area (Å²) in [5.41, 5.74) is 2.47. The van der Waals surface area contributed by atoms with Crippen molar-refractivity contribution >= 4 is 44.6 Å². The van der Waals surface area contributed by atoms with Gasteiger partial charge in [-0.05, 0) is 29.3 Å². The van der Waals surface area contributed by atoms with Crippen molar-refractivity contribution < 1.29 is 13.2 Å². The lowest BCUT2D eigenvalue weighted by Gasteiger charge is -2.21. The highest BCUT2D eigenvalue weighted by Gasteiger charge is 2.32. The number of sulfonamides is 1. The molecule has 0 fully saturated rings. The smallest absolute Gasteiger partial charge is 0.266 e. The second-order valence-electron chi connectivity index (χ2n) is 7.26. The minimum absolute atomic E-state index is 0.0123. The summed E-state index contributed by atoms with van der Waals surface area (Å²) in [6, 6.07) is 25.2. The van der Waals surface area contributed by atoms with Crippen LogP contribution in [0.15, 0.2) is 95.2 Å². The Hall–Kier alpha value is -3.13. The van der Waals surface area contributed by atoms with Gasteiger partial charge in [-0.25, -0.2) is 8.42 Å². The number of nitrogens with zero attached hydrogens (tertiary/aromatic N) is 1. The van der Waals surface area contributed by atoms with Crippen molar-refractivity contribution in [3.63, 3.8) is 0 Å². The number of benzene rings is 3. The van der Waals surface area contributed by atoms with E-state index in [1.165, 1.54) is 11.4 Å². The molecule has 0 saturated heterocycles. The number of carbonyl (C=O) groups excluding carboxylic acids is 1. The predicted molar refractivity (Wildman–Crippen MR) is 134 cm³/mol. The summed E-state index contributed by atoms with van der Waals surface area (Å²) in [5.74, 6) is -0.470. The number of nitrogens with one attached hydrogen (secondary N) is 1. The second-order valence-corrected chi connectivity index (χ2v) is 10.4. The van der Waals surface area contributed by atoms with Gasteiger partial charge in [0.1, 0.15) is 9.77 Å². The van der Waals surface area contributed by atoms with Crippen LogP contribution in [0.2, 0.25) is 5.02 Å². The normalized spacial score (nSPS) is 11.2. The maximum Gasteiger partial charge on any atom is 0.266 e. The largest absolute Gasteiger partial charge is 0.347 e. The summed E-state index contributed by atoms with van der Waals surface area (Å²) in [7, 11) is -2.55. The lowest BCUT2D eigenvalue weighted by Crippen LogP contribution is -2.30. The monoisotopic (exact) mass is 496 g/mol. The van der Waals surface area contributed by atoms with Gasteiger partial charge >= 0.3 is 0 Å². The number of carbonyl (C=O) groups is 1. The molecule has 0 aliphatic heterocycles. The third-order valence-electron chi connectivity index (χ3n) is 5.17. The predicted octanol–water partition coefficient (Wildman–Crippen LogP) is 5.82. The molecule has 0 radical (unpaired) electrons. The summed E-state index contributed by atoms with van der Waals surface area (Å²) in [5, 5.41) is 5.06. The van der Waals surface area contributed by atoms with E-state index in [-0.39, 0.29) is 16.3 Å². The Kier molecular flexibility index (Phi) is 6.83. The van der Waals surface area contributed by atoms with Crippen LogP contribution in [-0.2, 0) is 16.6 Å². The van der Waals surface area contributed by atoms with Gasteiger partial charge < -0.3 is 5.32 Å². The average molecular weight is 497 g/mol. The van der Waals surface area contributed by atoms with Crippen LogP contribution in [0, 0.1) is 0 Å². The zero-order valence-corrected chi connectivity index (χ0v) is 20.1. The molecule has 1 amide bonds. The highest BCUT2D eigenvalue weighted by atomic mass is 35.5. The number of para-hydroxylation sites is 1. The molecule has 0 unspecified atom stereocenters. The Morgan fingerprint density at radius 2 is 1.55 bits per heavy atom.